The Kier molecular flexibility index (Phi) is 6.58. The molecule has 1 saturated heterocycles. The van der Waals surface area contributed by atoms with Gasteiger partial charge in [-0.2, -0.15) is 0 Å². The van der Waals surface area contributed by atoms with Crippen molar-refractivity contribution >= 4 is 17.7 Å². The summed E-state index contributed by atoms with van der Waals surface area (Å²) in [6.07, 6.45) is 2.19. The van der Waals surface area contributed by atoms with E-state index in [2.05, 4.69) is 0 Å². The van der Waals surface area contributed by atoms with Crippen LogP contribution in [0.4, 0.5) is 0 Å². The molecule has 2 atom stereocenters. The number of hydrogen-bond acceptors (Lipinski definition) is 4. The Morgan fingerprint density at radius 3 is 2.82 bits per heavy atom. The molecular weight excluding hydrogens is 296 g/mol. The third-order valence-electron chi connectivity index (χ3n) is 4.05. The van der Waals surface area contributed by atoms with Crippen LogP contribution in [-0.4, -0.2) is 42.3 Å². The number of nitrogens with zero attached hydrogens (tertiary/aromatic N) is 1. The van der Waals surface area contributed by atoms with Crippen LogP contribution in [0.1, 0.15) is 26.7 Å². The molecule has 1 aromatic carbocycles. The molecular formula is C17H26N2O2S. The lowest BCUT2D eigenvalue weighted by Crippen LogP contribution is -2.45. The largest absolute Gasteiger partial charge is 0.494 e. The van der Waals surface area contributed by atoms with Crippen molar-refractivity contribution in [2.24, 2.45) is 11.7 Å². The van der Waals surface area contributed by atoms with Crippen LogP contribution in [0.2, 0.25) is 0 Å². The highest BCUT2D eigenvalue weighted by atomic mass is 32.2. The van der Waals surface area contributed by atoms with Gasteiger partial charge in [0.25, 0.3) is 0 Å². The van der Waals surface area contributed by atoms with E-state index in [0.29, 0.717) is 18.3 Å². The van der Waals surface area contributed by atoms with Gasteiger partial charge in [0.05, 0.1) is 12.4 Å². The predicted octanol–water partition coefficient (Wildman–Crippen LogP) is 2.76. The molecule has 4 nitrogen and oxygen atoms in total. The van der Waals surface area contributed by atoms with Crippen LogP contribution >= 0.6 is 11.8 Å². The molecule has 1 aliphatic heterocycles. The van der Waals surface area contributed by atoms with Gasteiger partial charge >= 0.3 is 0 Å². The molecule has 1 heterocycles. The molecule has 22 heavy (non-hydrogen) atoms. The fourth-order valence-corrected chi connectivity index (χ4v) is 3.50. The number of carbonyl (C=O) groups excluding carboxylic acids is 1. The Labute approximate surface area is 137 Å². The Bertz CT molecular complexity index is 476. The van der Waals surface area contributed by atoms with E-state index < -0.39 is 0 Å². The lowest BCUT2D eigenvalue weighted by molar-refractivity contribution is -0.130. The van der Waals surface area contributed by atoms with Crippen molar-refractivity contribution in [1.29, 1.82) is 0 Å². The topological polar surface area (TPSA) is 55.6 Å². The molecule has 0 spiro atoms. The summed E-state index contributed by atoms with van der Waals surface area (Å²) in [5.74, 6) is 2.01. The standard InChI is InChI=1S/C17H26N2O2S/c1-3-21-15-6-8-16(9-7-15)22-12-17(20)19-10-4-5-14(11-19)13(2)18/h6-9,13-14H,3-5,10-12,18H2,1-2H3. The molecule has 1 aromatic rings. The smallest absolute Gasteiger partial charge is 0.232 e. The van der Waals surface area contributed by atoms with Crippen molar-refractivity contribution < 1.29 is 9.53 Å². The van der Waals surface area contributed by atoms with Gasteiger partial charge in [-0.05, 0) is 56.9 Å². The summed E-state index contributed by atoms with van der Waals surface area (Å²) < 4.78 is 5.42. The van der Waals surface area contributed by atoms with Gasteiger partial charge in [0.15, 0.2) is 0 Å². The molecule has 5 heteroatoms. The molecule has 1 amide bonds. The number of hydrogen-bond donors (Lipinski definition) is 1. The average Bonchev–Trinajstić information content (AvgIpc) is 2.54. The van der Waals surface area contributed by atoms with E-state index in [0.717, 1.165) is 36.6 Å². The van der Waals surface area contributed by atoms with Gasteiger partial charge in [0, 0.05) is 24.0 Å². The third kappa shape index (κ3) is 4.92. The predicted molar refractivity (Wildman–Crippen MR) is 91.3 cm³/mol. The Hall–Kier alpha value is -1.20. The first-order chi connectivity index (χ1) is 10.6. The van der Waals surface area contributed by atoms with E-state index in [1.54, 1.807) is 11.8 Å². The minimum atomic E-state index is 0.161. The number of rotatable bonds is 6. The Balaban J connectivity index is 1.81. The van der Waals surface area contributed by atoms with Crippen LogP contribution in [-0.2, 0) is 4.79 Å². The van der Waals surface area contributed by atoms with Crippen LogP contribution in [0.5, 0.6) is 5.75 Å². The van der Waals surface area contributed by atoms with E-state index >= 15 is 0 Å². The Morgan fingerprint density at radius 1 is 1.45 bits per heavy atom. The molecule has 0 radical (unpaired) electrons. The lowest BCUT2D eigenvalue weighted by Gasteiger charge is -2.34. The van der Waals surface area contributed by atoms with E-state index in [9.17, 15) is 4.79 Å². The van der Waals surface area contributed by atoms with Crippen LogP contribution in [0.25, 0.3) is 0 Å². The first kappa shape index (κ1) is 17.2. The molecule has 122 valence electrons. The van der Waals surface area contributed by atoms with E-state index in [1.165, 1.54) is 0 Å². The number of benzene rings is 1. The van der Waals surface area contributed by atoms with E-state index in [1.807, 2.05) is 43.0 Å². The maximum atomic E-state index is 12.3. The lowest BCUT2D eigenvalue weighted by atomic mass is 9.92. The first-order valence-electron chi connectivity index (χ1n) is 7.99. The van der Waals surface area contributed by atoms with Crippen LogP contribution in [0, 0.1) is 5.92 Å². The Morgan fingerprint density at radius 2 is 2.18 bits per heavy atom. The molecule has 0 aromatic heterocycles. The van der Waals surface area contributed by atoms with Crippen molar-refractivity contribution in [3.63, 3.8) is 0 Å². The fourth-order valence-electron chi connectivity index (χ4n) is 2.70. The van der Waals surface area contributed by atoms with Crippen molar-refractivity contribution in [2.75, 3.05) is 25.4 Å². The monoisotopic (exact) mass is 322 g/mol. The summed E-state index contributed by atoms with van der Waals surface area (Å²) in [5.41, 5.74) is 5.98. The van der Waals surface area contributed by atoms with Crippen molar-refractivity contribution in [2.45, 2.75) is 37.6 Å². The average molecular weight is 322 g/mol. The number of piperidine rings is 1. The molecule has 2 rings (SSSR count). The van der Waals surface area contributed by atoms with Crippen LogP contribution in [0.3, 0.4) is 0 Å². The maximum Gasteiger partial charge on any atom is 0.232 e. The summed E-state index contributed by atoms with van der Waals surface area (Å²) in [7, 11) is 0. The molecule has 2 unspecified atom stereocenters. The van der Waals surface area contributed by atoms with E-state index in [4.69, 9.17) is 10.5 Å². The molecule has 1 aliphatic rings. The molecule has 0 bridgehead atoms. The second-order valence-electron chi connectivity index (χ2n) is 5.79. The van der Waals surface area contributed by atoms with Gasteiger partial charge in [0.1, 0.15) is 5.75 Å². The third-order valence-corrected chi connectivity index (χ3v) is 5.05. The zero-order chi connectivity index (χ0) is 15.9. The quantitative estimate of drug-likeness (QED) is 0.818. The number of amides is 1. The van der Waals surface area contributed by atoms with Gasteiger partial charge < -0.3 is 15.4 Å². The second kappa shape index (κ2) is 8.44. The number of carbonyl (C=O) groups is 1. The summed E-state index contributed by atoms with van der Waals surface area (Å²) >= 11 is 1.58. The number of nitrogens with two attached hydrogens (primary N) is 1. The zero-order valence-corrected chi connectivity index (χ0v) is 14.3. The first-order valence-corrected chi connectivity index (χ1v) is 8.97. The van der Waals surface area contributed by atoms with E-state index in [-0.39, 0.29) is 11.9 Å². The zero-order valence-electron chi connectivity index (χ0n) is 13.5. The van der Waals surface area contributed by atoms with Crippen molar-refractivity contribution in [3.05, 3.63) is 24.3 Å². The number of thioether (sulfide) groups is 1. The van der Waals surface area contributed by atoms with Gasteiger partial charge in [-0.3, -0.25) is 4.79 Å². The van der Waals surface area contributed by atoms with Gasteiger partial charge in [-0.15, -0.1) is 11.8 Å². The molecule has 0 saturated carbocycles. The van der Waals surface area contributed by atoms with Crippen molar-refractivity contribution in [1.82, 2.24) is 4.90 Å². The summed E-state index contributed by atoms with van der Waals surface area (Å²) in [4.78, 5) is 15.4. The minimum Gasteiger partial charge on any atom is -0.494 e. The molecule has 1 fully saturated rings. The molecule has 0 aliphatic carbocycles. The SMILES string of the molecule is CCOc1ccc(SCC(=O)N2CCCC(C(C)N)C2)cc1. The van der Waals surface area contributed by atoms with Crippen LogP contribution in [0.15, 0.2) is 29.2 Å². The second-order valence-corrected chi connectivity index (χ2v) is 6.84. The highest BCUT2D eigenvalue weighted by Gasteiger charge is 2.25. The normalized spacial score (nSPS) is 19.8. The minimum absolute atomic E-state index is 0.161. The number of ether oxygens (including phenoxy) is 1. The fraction of sp³-hybridized carbons (Fsp3) is 0.588. The summed E-state index contributed by atoms with van der Waals surface area (Å²) in [6.45, 7) is 6.34. The van der Waals surface area contributed by atoms with Gasteiger partial charge in [0.2, 0.25) is 5.91 Å². The van der Waals surface area contributed by atoms with Crippen LogP contribution < -0.4 is 10.5 Å². The summed E-state index contributed by atoms with van der Waals surface area (Å²) in [6, 6.07) is 8.06. The maximum absolute atomic E-state index is 12.3. The van der Waals surface area contributed by atoms with Gasteiger partial charge in [-0.25, -0.2) is 0 Å². The van der Waals surface area contributed by atoms with Gasteiger partial charge in [-0.1, -0.05) is 0 Å². The highest BCUT2D eigenvalue weighted by molar-refractivity contribution is 8.00. The van der Waals surface area contributed by atoms with Crippen molar-refractivity contribution in [3.8, 4) is 5.75 Å². The summed E-state index contributed by atoms with van der Waals surface area (Å²) in [5, 5.41) is 0. The number of likely N-dealkylation sites (tertiary alicyclic amines) is 1. The molecule has 2 N–H and O–H groups in total. The highest BCUT2D eigenvalue weighted by Crippen LogP contribution is 2.24.